The van der Waals surface area contributed by atoms with Gasteiger partial charge < -0.3 is 4.90 Å². The second kappa shape index (κ2) is 8.81. The van der Waals surface area contributed by atoms with Crippen molar-refractivity contribution in [2.24, 2.45) is 0 Å². The first-order valence-corrected chi connectivity index (χ1v) is 10.4. The molecular formula is C18H32N2O2S. The molecular weight excluding hydrogens is 308 g/mol. The fourth-order valence-corrected chi connectivity index (χ4v) is 3.65. The number of benzene rings is 1. The third-order valence-corrected chi connectivity index (χ3v) is 6.00. The number of hydrogen-bond donors (Lipinski definition) is 0. The molecule has 0 saturated carbocycles. The van der Waals surface area contributed by atoms with Crippen molar-refractivity contribution in [1.82, 2.24) is 9.21 Å². The van der Waals surface area contributed by atoms with Crippen molar-refractivity contribution in [3.8, 4) is 0 Å². The molecule has 1 saturated heterocycles. The lowest BCUT2D eigenvalue weighted by molar-refractivity contribution is 0.150. The van der Waals surface area contributed by atoms with Crippen molar-refractivity contribution in [3.63, 3.8) is 0 Å². The van der Waals surface area contributed by atoms with Crippen LogP contribution in [0.2, 0.25) is 0 Å². The zero-order valence-electron chi connectivity index (χ0n) is 15.2. The van der Waals surface area contributed by atoms with E-state index in [1.54, 1.807) is 7.05 Å². The largest absolute Gasteiger partial charge is 0.304 e. The first-order chi connectivity index (χ1) is 10.9. The van der Waals surface area contributed by atoms with Gasteiger partial charge in [-0.3, -0.25) is 0 Å². The van der Waals surface area contributed by atoms with Crippen LogP contribution in [0.4, 0.5) is 0 Å². The monoisotopic (exact) mass is 340 g/mol. The first kappa shape index (κ1) is 20.1. The van der Waals surface area contributed by atoms with Gasteiger partial charge in [-0.05, 0) is 38.0 Å². The van der Waals surface area contributed by atoms with Gasteiger partial charge in [0.25, 0.3) is 0 Å². The molecule has 23 heavy (non-hydrogen) atoms. The van der Waals surface area contributed by atoms with Crippen LogP contribution in [-0.2, 0) is 15.4 Å². The van der Waals surface area contributed by atoms with Crippen LogP contribution in [0.1, 0.15) is 39.2 Å². The Kier molecular flexibility index (Phi) is 7.71. The molecule has 1 aromatic rings. The number of likely N-dealkylation sites (N-methyl/N-ethyl adjacent to an activating group) is 1. The minimum atomic E-state index is -3.15. The minimum absolute atomic E-state index is 0.0647. The molecule has 0 unspecified atom stereocenters. The Bertz CT molecular complexity index is 550. The smallest absolute Gasteiger partial charge is 0.210 e. The van der Waals surface area contributed by atoms with Crippen molar-refractivity contribution < 1.29 is 8.42 Å². The van der Waals surface area contributed by atoms with E-state index in [0.29, 0.717) is 6.54 Å². The summed E-state index contributed by atoms with van der Waals surface area (Å²) in [6.45, 7) is 9.87. The lowest BCUT2D eigenvalue weighted by Gasteiger charge is -2.43. The molecule has 0 amide bonds. The van der Waals surface area contributed by atoms with Crippen LogP contribution in [0.15, 0.2) is 30.3 Å². The fraction of sp³-hybridized carbons (Fsp3) is 0.667. The molecule has 1 aliphatic rings. The predicted molar refractivity (Wildman–Crippen MR) is 98.3 cm³/mol. The van der Waals surface area contributed by atoms with Gasteiger partial charge in [0.05, 0.1) is 6.26 Å². The molecule has 1 heterocycles. The van der Waals surface area contributed by atoms with E-state index in [1.165, 1.54) is 16.1 Å². The van der Waals surface area contributed by atoms with E-state index in [-0.39, 0.29) is 5.41 Å². The van der Waals surface area contributed by atoms with Crippen LogP contribution < -0.4 is 0 Å². The molecule has 0 radical (unpaired) electrons. The van der Waals surface area contributed by atoms with Crippen molar-refractivity contribution in [2.45, 2.75) is 39.0 Å². The van der Waals surface area contributed by atoms with Gasteiger partial charge in [0, 0.05) is 19.0 Å². The van der Waals surface area contributed by atoms with E-state index < -0.39 is 10.0 Å². The van der Waals surface area contributed by atoms with E-state index in [1.807, 2.05) is 32.0 Å². The van der Waals surface area contributed by atoms with Gasteiger partial charge in [0.2, 0.25) is 10.0 Å². The number of rotatable bonds is 5. The molecule has 0 atom stereocenters. The number of piperidine rings is 1. The summed E-state index contributed by atoms with van der Waals surface area (Å²) in [5, 5.41) is 0. The molecule has 5 heteroatoms. The fourth-order valence-electron chi connectivity index (χ4n) is 3.17. The van der Waals surface area contributed by atoms with E-state index in [0.717, 1.165) is 32.5 Å². The van der Waals surface area contributed by atoms with Crippen LogP contribution in [-0.4, -0.2) is 57.1 Å². The maximum Gasteiger partial charge on any atom is 0.210 e. The average molecular weight is 341 g/mol. The normalized spacial score (nSPS) is 18.3. The van der Waals surface area contributed by atoms with E-state index in [2.05, 4.69) is 24.0 Å². The zero-order chi connectivity index (χ0) is 17.5. The second-order valence-corrected chi connectivity index (χ2v) is 8.19. The molecule has 1 fully saturated rings. The molecule has 0 N–H and O–H groups in total. The standard InChI is InChI=1S/C16H26N2O2S.C2H6/c1-4-18-12-10-16(11-13-18,14-17(2)21(3,19)20)15-8-6-5-7-9-15;1-2/h5-9H,4,10-14H2,1-3H3;1-2H3. The lowest BCUT2D eigenvalue weighted by Crippen LogP contribution is -2.49. The van der Waals surface area contributed by atoms with Crippen molar-refractivity contribution >= 4 is 10.0 Å². The van der Waals surface area contributed by atoms with Crippen molar-refractivity contribution in [2.75, 3.05) is 39.5 Å². The molecule has 0 aromatic heterocycles. The lowest BCUT2D eigenvalue weighted by atomic mass is 9.72. The number of likely N-dealkylation sites (tertiary alicyclic amines) is 1. The van der Waals surface area contributed by atoms with Crippen LogP contribution >= 0.6 is 0 Å². The summed E-state index contributed by atoms with van der Waals surface area (Å²) >= 11 is 0. The Morgan fingerprint density at radius 3 is 2.09 bits per heavy atom. The maximum absolute atomic E-state index is 11.8. The van der Waals surface area contributed by atoms with Gasteiger partial charge in [-0.15, -0.1) is 0 Å². The van der Waals surface area contributed by atoms with Gasteiger partial charge in [-0.2, -0.15) is 0 Å². The maximum atomic E-state index is 11.8. The highest BCUT2D eigenvalue weighted by molar-refractivity contribution is 7.88. The molecule has 1 aromatic carbocycles. The second-order valence-electron chi connectivity index (χ2n) is 6.10. The van der Waals surface area contributed by atoms with Crippen LogP contribution in [0, 0.1) is 0 Å². The number of nitrogens with zero attached hydrogens (tertiary/aromatic N) is 2. The Morgan fingerprint density at radius 1 is 1.13 bits per heavy atom. The Labute approximate surface area is 142 Å². The van der Waals surface area contributed by atoms with Crippen molar-refractivity contribution in [3.05, 3.63) is 35.9 Å². The summed E-state index contributed by atoms with van der Waals surface area (Å²) in [5.74, 6) is 0. The Morgan fingerprint density at radius 2 is 1.65 bits per heavy atom. The summed E-state index contributed by atoms with van der Waals surface area (Å²) in [7, 11) is -1.46. The summed E-state index contributed by atoms with van der Waals surface area (Å²) in [6, 6.07) is 10.4. The van der Waals surface area contributed by atoms with Gasteiger partial charge in [-0.25, -0.2) is 12.7 Å². The Balaban J connectivity index is 0.00000127. The Hall–Kier alpha value is -0.910. The quantitative estimate of drug-likeness (QED) is 0.827. The van der Waals surface area contributed by atoms with Crippen LogP contribution in [0.3, 0.4) is 0 Å². The van der Waals surface area contributed by atoms with Crippen LogP contribution in [0.25, 0.3) is 0 Å². The SMILES string of the molecule is CC.CCN1CCC(CN(C)S(C)(=O)=O)(c2ccccc2)CC1. The molecule has 4 nitrogen and oxygen atoms in total. The molecule has 0 bridgehead atoms. The third-order valence-electron chi connectivity index (χ3n) is 4.74. The topological polar surface area (TPSA) is 40.6 Å². The van der Waals surface area contributed by atoms with E-state index in [9.17, 15) is 8.42 Å². The predicted octanol–water partition coefficient (Wildman–Crippen LogP) is 2.96. The molecule has 0 aliphatic carbocycles. The average Bonchev–Trinajstić information content (AvgIpc) is 2.57. The summed E-state index contributed by atoms with van der Waals surface area (Å²) in [6.07, 6.45) is 3.29. The number of sulfonamides is 1. The highest BCUT2D eigenvalue weighted by atomic mass is 32.2. The first-order valence-electron chi connectivity index (χ1n) is 8.56. The molecule has 2 rings (SSSR count). The highest BCUT2D eigenvalue weighted by Gasteiger charge is 2.38. The summed E-state index contributed by atoms with van der Waals surface area (Å²) < 4.78 is 25.1. The third kappa shape index (κ3) is 5.30. The van der Waals surface area contributed by atoms with Gasteiger partial charge >= 0.3 is 0 Å². The molecule has 132 valence electrons. The minimum Gasteiger partial charge on any atom is -0.304 e. The molecule has 1 aliphatic heterocycles. The summed E-state index contributed by atoms with van der Waals surface area (Å²) in [5.41, 5.74) is 1.20. The number of hydrogen-bond acceptors (Lipinski definition) is 3. The summed E-state index contributed by atoms with van der Waals surface area (Å²) in [4.78, 5) is 2.43. The van der Waals surface area contributed by atoms with E-state index >= 15 is 0 Å². The van der Waals surface area contributed by atoms with Gasteiger partial charge in [0.1, 0.15) is 0 Å². The van der Waals surface area contributed by atoms with Gasteiger partial charge in [0.15, 0.2) is 0 Å². The zero-order valence-corrected chi connectivity index (χ0v) is 16.1. The van der Waals surface area contributed by atoms with Crippen LogP contribution in [0.5, 0.6) is 0 Å². The van der Waals surface area contributed by atoms with E-state index in [4.69, 9.17) is 0 Å². The van der Waals surface area contributed by atoms with Gasteiger partial charge in [-0.1, -0.05) is 51.1 Å². The van der Waals surface area contributed by atoms with Crippen molar-refractivity contribution in [1.29, 1.82) is 0 Å². The highest BCUT2D eigenvalue weighted by Crippen LogP contribution is 2.36. The molecule has 0 spiro atoms.